The topological polar surface area (TPSA) is 85.8 Å². The fraction of sp³-hybridized carbons (Fsp3) is 0.273. The zero-order valence-electron chi connectivity index (χ0n) is 16.0. The number of aromatic amines is 1. The molecule has 0 saturated carbocycles. The lowest BCUT2D eigenvalue weighted by molar-refractivity contribution is -0.131. The summed E-state index contributed by atoms with van der Waals surface area (Å²) in [5, 5.41) is 1.50. The molecule has 0 radical (unpaired) electrons. The van der Waals surface area contributed by atoms with Crippen molar-refractivity contribution in [3.05, 3.63) is 59.3 Å². The molecule has 0 bridgehead atoms. The maximum Gasteiger partial charge on any atom is 0.350 e. The third kappa shape index (κ3) is 3.15. The Balaban J connectivity index is 1.29. The number of hydrogen-bond donors (Lipinski definition) is 1. The largest absolute Gasteiger partial charge is 0.351 e. The van der Waals surface area contributed by atoms with Gasteiger partial charge in [-0.3, -0.25) is 14.5 Å². The van der Waals surface area contributed by atoms with Crippen molar-refractivity contribution in [1.82, 2.24) is 14.8 Å². The molecular weight excluding hydrogens is 404 g/mol. The van der Waals surface area contributed by atoms with Crippen molar-refractivity contribution in [2.75, 3.05) is 13.1 Å². The van der Waals surface area contributed by atoms with Crippen LogP contribution >= 0.6 is 11.6 Å². The van der Waals surface area contributed by atoms with Crippen LogP contribution in [0.1, 0.15) is 23.3 Å². The number of carbonyl (C=O) groups excluding carboxylic acids is 3. The first-order valence-corrected chi connectivity index (χ1v) is 10.3. The van der Waals surface area contributed by atoms with Crippen LogP contribution in [-0.4, -0.2) is 57.5 Å². The van der Waals surface area contributed by atoms with Gasteiger partial charge < -0.3 is 9.88 Å². The Morgan fingerprint density at radius 1 is 1.13 bits per heavy atom. The summed E-state index contributed by atoms with van der Waals surface area (Å²) in [4.78, 5) is 48.6. The summed E-state index contributed by atoms with van der Waals surface area (Å²) in [6.45, 7) is 0.932. The molecule has 3 aliphatic rings. The summed E-state index contributed by atoms with van der Waals surface area (Å²) in [5.74, 6) is -0.828. The van der Waals surface area contributed by atoms with E-state index in [0.29, 0.717) is 42.4 Å². The highest BCUT2D eigenvalue weighted by atomic mass is 35.5. The monoisotopic (exact) mass is 422 g/mol. The lowest BCUT2D eigenvalue weighted by atomic mass is 9.93. The summed E-state index contributed by atoms with van der Waals surface area (Å²) < 4.78 is 0. The number of aliphatic imine (C=N–C) groups is 1. The van der Waals surface area contributed by atoms with Crippen LogP contribution in [-0.2, 0) is 4.79 Å². The summed E-state index contributed by atoms with van der Waals surface area (Å²) in [5.41, 5.74) is 1.85. The van der Waals surface area contributed by atoms with Crippen molar-refractivity contribution >= 4 is 46.1 Å². The number of imide groups is 1. The maximum absolute atomic E-state index is 12.9. The molecule has 2 aromatic rings. The number of urea groups is 1. The van der Waals surface area contributed by atoms with Gasteiger partial charge in [-0.05, 0) is 43.2 Å². The third-order valence-corrected chi connectivity index (χ3v) is 6.10. The normalized spacial score (nSPS) is 21.9. The molecule has 0 spiro atoms. The number of allylic oxidation sites excluding steroid dienone is 3. The molecular formula is C22H19ClN4O3. The number of rotatable bonds is 2. The number of benzene rings is 1. The van der Waals surface area contributed by atoms with Crippen LogP contribution in [0.4, 0.5) is 4.79 Å². The number of halogens is 1. The Labute approximate surface area is 177 Å². The van der Waals surface area contributed by atoms with Gasteiger partial charge in [-0.2, -0.15) is 4.99 Å². The molecule has 1 aromatic heterocycles. The summed E-state index contributed by atoms with van der Waals surface area (Å²) in [6, 6.07) is 6.47. The number of nitrogens with zero attached hydrogens (tertiary/aromatic N) is 3. The molecule has 2 aliphatic heterocycles. The first kappa shape index (κ1) is 18.8. The van der Waals surface area contributed by atoms with Crippen molar-refractivity contribution in [1.29, 1.82) is 0 Å². The number of nitrogens with one attached hydrogen (secondary N) is 1. The van der Waals surface area contributed by atoms with E-state index in [1.807, 2.05) is 12.1 Å². The van der Waals surface area contributed by atoms with Gasteiger partial charge in [-0.15, -0.1) is 0 Å². The molecule has 8 heteroatoms. The van der Waals surface area contributed by atoms with Crippen molar-refractivity contribution in [3.8, 4) is 0 Å². The number of piperidine rings is 1. The second kappa shape index (κ2) is 7.25. The highest BCUT2D eigenvalue weighted by Crippen LogP contribution is 2.27. The third-order valence-electron chi connectivity index (χ3n) is 5.86. The minimum absolute atomic E-state index is 0.0993. The van der Waals surface area contributed by atoms with Gasteiger partial charge in [0.2, 0.25) is 5.91 Å². The Bertz CT molecular complexity index is 1150. The number of likely N-dealkylation sites (tertiary alicyclic amines) is 1. The zero-order valence-corrected chi connectivity index (χ0v) is 16.8. The van der Waals surface area contributed by atoms with Gasteiger partial charge in [0.25, 0.3) is 5.91 Å². The predicted octanol–water partition coefficient (Wildman–Crippen LogP) is 3.57. The number of amides is 4. The van der Waals surface area contributed by atoms with Crippen molar-refractivity contribution < 1.29 is 14.4 Å². The number of fused-ring (bicyclic) bond motifs is 2. The van der Waals surface area contributed by atoms with Gasteiger partial charge in [0.1, 0.15) is 5.69 Å². The first-order chi connectivity index (χ1) is 14.5. The molecule has 1 atom stereocenters. The van der Waals surface area contributed by atoms with Gasteiger partial charge in [0.15, 0.2) is 0 Å². The minimum Gasteiger partial charge on any atom is -0.351 e. The highest BCUT2D eigenvalue weighted by molar-refractivity contribution is 6.31. The lowest BCUT2D eigenvalue weighted by Gasteiger charge is -2.39. The van der Waals surface area contributed by atoms with E-state index in [2.05, 4.69) is 9.98 Å². The SMILES string of the molecule is O=C(c1cc2cc(Cl)ccc2[nH]1)N1CCC(N2C(=O)N=C3C=CC=CC3C2=O)CC1. The van der Waals surface area contributed by atoms with E-state index in [1.54, 1.807) is 41.3 Å². The van der Waals surface area contributed by atoms with Crippen LogP contribution in [0.2, 0.25) is 5.02 Å². The van der Waals surface area contributed by atoms with Gasteiger partial charge in [-0.25, -0.2) is 4.79 Å². The van der Waals surface area contributed by atoms with Gasteiger partial charge >= 0.3 is 6.03 Å². The van der Waals surface area contributed by atoms with E-state index in [1.165, 1.54) is 4.90 Å². The Hall–Kier alpha value is -3.19. The molecule has 4 amide bonds. The molecule has 5 rings (SSSR count). The molecule has 3 heterocycles. The van der Waals surface area contributed by atoms with Crippen LogP contribution < -0.4 is 0 Å². The van der Waals surface area contributed by atoms with Crippen LogP contribution in [0, 0.1) is 5.92 Å². The van der Waals surface area contributed by atoms with Crippen molar-refractivity contribution in [2.24, 2.45) is 10.9 Å². The molecule has 1 aliphatic carbocycles. The smallest absolute Gasteiger partial charge is 0.350 e. The van der Waals surface area contributed by atoms with Crippen LogP contribution in [0.5, 0.6) is 0 Å². The zero-order chi connectivity index (χ0) is 20.8. The van der Waals surface area contributed by atoms with E-state index in [9.17, 15) is 14.4 Å². The van der Waals surface area contributed by atoms with Crippen LogP contribution in [0.3, 0.4) is 0 Å². The minimum atomic E-state index is -0.511. The number of H-pyrrole nitrogens is 1. The Kier molecular flexibility index (Phi) is 4.55. The second-order valence-corrected chi connectivity index (χ2v) is 8.12. The van der Waals surface area contributed by atoms with E-state index in [-0.39, 0.29) is 17.9 Å². The van der Waals surface area contributed by atoms with Crippen molar-refractivity contribution in [3.63, 3.8) is 0 Å². The van der Waals surface area contributed by atoms with E-state index in [4.69, 9.17) is 11.6 Å². The number of aromatic nitrogens is 1. The Morgan fingerprint density at radius 2 is 1.93 bits per heavy atom. The van der Waals surface area contributed by atoms with E-state index in [0.717, 1.165) is 10.9 Å². The predicted molar refractivity (Wildman–Crippen MR) is 114 cm³/mol. The van der Waals surface area contributed by atoms with E-state index >= 15 is 0 Å². The number of carbonyl (C=O) groups is 3. The quantitative estimate of drug-likeness (QED) is 0.802. The number of hydrogen-bond acceptors (Lipinski definition) is 3. The fourth-order valence-electron chi connectivity index (χ4n) is 4.31. The van der Waals surface area contributed by atoms with Crippen LogP contribution in [0.15, 0.2) is 53.6 Å². The molecule has 1 unspecified atom stereocenters. The van der Waals surface area contributed by atoms with Gasteiger partial charge in [0.05, 0.1) is 11.6 Å². The van der Waals surface area contributed by atoms with Crippen LogP contribution in [0.25, 0.3) is 10.9 Å². The Morgan fingerprint density at radius 3 is 2.73 bits per heavy atom. The molecule has 152 valence electrons. The van der Waals surface area contributed by atoms with Gasteiger partial charge in [-0.1, -0.05) is 29.8 Å². The van der Waals surface area contributed by atoms with Gasteiger partial charge in [0, 0.05) is 35.1 Å². The second-order valence-electron chi connectivity index (χ2n) is 7.69. The standard InChI is InChI=1S/C22H19ClN4O3/c23-14-5-6-17-13(11-14)12-19(24-17)21(29)26-9-7-15(8-10-26)27-20(28)16-3-1-2-4-18(16)25-22(27)30/h1-6,11-12,15-16,24H,7-10H2. The average molecular weight is 423 g/mol. The fourth-order valence-corrected chi connectivity index (χ4v) is 4.49. The van der Waals surface area contributed by atoms with E-state index < -0.39 is 11.9 Å². The first-order valence-electron chi connectivity index (χ1n) is 9.89. The summed E-state index contributed by atoms with van der Waals surface area (Å²) in [6.07, 6.45) is 8.10. The highest BCUT2D eigenvalue weighted by Gasteiger charge is 2.41. The molecule has 7 nitrogen and oxygen atoms in total. The molecule has 1 aromatic carbocycles. The molecule has 30 heavy (non-hydrogen) atoms. The van der Waals surface area contributed by atoms with Crippen molar-refractivity contribution in [2.45, 2.75) is 18.9 Å². The molecule has 1 fully saturated rings. The molecule has 1 N–H and O–H groups in total. The average Bonchev–Trinajstić information content (AvgIpc) is 3.17. The maximum atomic E-state index is 12.9. The molecule has 1 saturated heterocycles. The lowest BCUT2D eigenvalue weighted by Crippen LogP contribution is -2.54. The summed E-state index contributed by atoms with van der Waals surface area (Å²) in [7, 11) is 0. The summed E-state index contributed by atoms with van der Waals surface area (Å²) >= 11 is 6.03.